The molecule has 5 nitrogen and oxygen atoms in total. The van der Waals surface area contributed by atoms with E-state index in [2.05, 4.69) is 0 Å². The molecule has 21 heavy (non-hydrogen) atoms. The Morgan fingerprint density at radius 2 is 2.10 bits per heavy atom. The fourth-order valence-electron chi connectivity index (χ4n) is 2.59. The molecule has 0 saturated carbocycles. The van der Waals surface area contributed by atoms with Crippen molar-refractivity contribution in [2.45, 2.75) is 26.3 Å². The normalized spacial score (nSPS) is 14.7. The molecule has 1 saturated heterocycles. The van der Waals surface area contributed by atoms with Gasteiger partial charge in [-0.25, -0.2) is 0 Å². The smallest absolute Gasteiger partial charge is 0.236 e. The second-order valence-electron chi connectivity index (χ2n) is 5.50. The summed E-state index contributed by atoms with van der Waals surface area (Å²) in [6, 6.07) is 5.32. The number of phenols is 1. The van der Waals surface area contributed by atoms with Crippen LogP contribution in [-0.2, 0) is 11.3 Å². The standard InChI is InChI=1S/C16H24N2O3/c1-3-21-15-10-13(6-7-14(15)19)11-17(2)12-16(20)18-8-4-5-9-18/h6-7,10,19H,3-5,8-9,11-12H2,1-2H3. The molecular weight excluding hydrogens is 268 g/mol. The van der Waals surface area contributed by atoms with Crippen molar-refractivity contribution in [1.29, 1.82) is 0 Å². The van der Waals surface area contributed by atoms with Crippen LogP contribution < -0.4 is 4.74 Å². The Morgan fingerprint density at radius 3 is 2.76 bits per heavy atom. The molecule has 1 aliphatic rings. The van der Waals surface area contributed by atoms with Crippen LogP contribution in [0.3, 0.4) is 0 Å². The summed E-state index contributed by atoms with van der Waals surface area (Å²) in [5.41, 5.74) is 1.02. The molecule has 1 heterocycles. The summed E-state index contributed by atoms with van der Waals surface area (Å²) >= 11 is 0. The maximum absolute atomic E-state index is 12.1. The van der Waals surface area contributed by atoms with Crippen LogP contribution in [0.15, 0.2) is 18.2 Å². The number of benzene rings is 1. The first kappa shape index (κ1) is 15.6. The van der Waals surface area contributed by atoms with Crippen LogP contribution in [0.25, 0.3) is 0 Å². The molecule has 1 fully saturated rings. The lowest BCUT2D eigenvalue weighted by molar-refractivity contribution is -0.131. The number of rotatable bonds is 6. The molecule has 5 heteroatoms. The van der Waals surface area contributed by atoms with E-state index >= 15 is 0 Å². The van der Waals surface area contributed by atoms with Gasteiger partial charge in [0.2, 0.25) is 5.91 Å². The first-order chi connectivity index (χ1) is 10.1. The Bertz CT molecular complexity index is 484. The van der Waals surface area contributed by atoms with E-state index < -0.39 is 0 Å². The van der Waals surface area contributed by atoms with Crippen LogP contribution in [-0.4, -0.2) is 54.1 Å². The van der Waals surface area contributed by atoms with Crippen molar-refractivity contribution in [2.24, 2.45) is 0 Å². The predicted octanol–water partition coefficient (Wildman–Crippen LogP) is 1.85. The zero-order valence-electron chi connectivity index (χ0n) is 12.8. The number of amides is 1. The van der Waals surface area contributed by atoms with Gasteiger partial charge < -0.3 is 14.7 Å². The Morgan fingerprint density at radius 1 is 1.38 bits per heavy atom. The van der Waals surface area contributed by atoms with E-state index in [4.69, 9.17) is 4.74 Å². The minimum Gasteiger partial charge on any atom is -0.504 e. The molecule has 116 valence electrons. The maximum Gasteiger partial charge on any atom is 0.236 e. The molecule has 0 aromatic heterocycles. The summed E-state index contributed by atoms with van der Waals surface area (Å²) in [4.78, 5) is 16.0. The molecule has 1 amide bonds. The quantitative estimate of drug-likeness (QED) is 0.869. The van der Waals surface area contributed by atoms with Gasteiger partial charge in [-0.15, -0.1) is 0 Å². The second kappa shape index (κ2) is 7.31. The summed E-state index contributed by atoms with van der Waals surface area (Å²) in [6.07, 6.45) is 2.23. The molecule has 0 atom stereocenters. The zero-order valence-corrected chi connectivity index (χ0v) is 12.8. The lowest BCUT2D eigenvalue weighted by Crippen LogP contribution is -2.36. The molecule has 1 N–H and O–H groups in total. The van der Waals surface area contributed by atoms with Crippen molar-refractivity contribution >= 4 is 5.91 Å². The van der Waals surface area contributed by atoms with Crippen LogP contribution in [0, 0.1) is 0 Å². The number of carbonyl (C=O) groups excluding carboxylic acids is 1. The third kappa shape index (κ3) is 4.36. The summed E-state index contributed by atoms with van der Waals surface area (Å²) in [5.74, 6) is 0.837. The maximum atomic E-state index is 12.1. The van der Waals surface area contributed by atoms with E-state index in [1.165, 1.54) is 0 Å². The van der Waals surface area contributed by atoms with Gasteiger partial charge in [0.25, 0.3) is 0 Å². The molecule has 0 radical (unpaired) electrons. The van der Waals surface area contributed by atoms with Gasteiger partial charge >= 0.3 is 0 Å². The third-order valence-electron chi connectivity index (χ3n) is 3.64. The number of ether oxygens (including phenoxy) is 1. The molecule has 0 aliphatic carbocycles. The Hall–Kier alpha value is -1.75. The van der Waals surface area contributed by atoms with E-state index in [9.17, 15) is 9.90 Å². The van der Waals surface area contributed by atoms with Crippen LogP contribution in [0.2, 0.25) is 0 Å². The van der Waals surface area contributed by atoms with Crippen molar-refractivity contribution in [2.75, 3.05) is 33.3 Å². The van der Waals surface area contributed by atoms with Gasteiger partial charge in [-0.1, -0.05) is 6.07 Å². The Balaban J connectivity index is 1.91. The number of carbonyl (C=O) groups is 1. The highest BCUT2D eigenvalue weighted by molar-refractivity contribution is 5.78. The van der Waals surface area contributed by atoms with E-state index in [1.54, 1.807) is 6.07 Å². The van der Waals surface area contributed by atoms with E-state index in [0.717, 1.165) is 31.5 Å². The summed E-state index contributed by atoms with van der Waals surface area (Å²) in [7, 11) is 1.93. The Labute approximate surface area is 126 Å². The topological polar surface area (TPSA) is 53.0 Å². The minimum absolute atomic E-state index is 0.149. The largest absolute Gasteiger partial charge is 0.504 e. The van der Waals surface area contributed by atoms with Crippen LogP contribution in [0.5, 0.6) is 11.5 Å². The van der Waals surface area contributed by atoms with Crippen molar-refractivity contribution in [3.63, 3.8) is 0 Å². The summed E-state index contributed by atoms with van der Waals surface area (Å²) in [6.45, 7) is 5.25. The number of likely N-dealkylation sites (tertiary alicyclic amines) is 1. The molecular formula is C16H24N2O3. The minimum atomic E-state index is 0.149. The molecule has 2 rings (SSSR count). The van der Waals surface area contributed by atoms with Gasteiger partial charge in [0, 0.05) is 19.6 Å². The average molecular weight is 292 g/mol. The lowest BCUT2D eigenvalue weighted by atomic mass is 10.2. The molecule has 0 unspecified atom stereocenters. The SMILES string of the molecule is CCOc1cc(CN(C)CC(=O)N2CCCC2)ccc1O. The van der Waals surface area contributed by atoms with Crippen molar-refractivity contribution < 1.29 is 14.6 Å². The van der Waals surface area contributed by atoms with Crippen molar-refractivity contribution in [3.8, 4) is 11.5 Å². The first-order valence-corrected chi connectivity index (χ1v) is 7.51. The highest BCUT2D eigenvalue weighted by Gasteiger charge is 2.19. The van der Waals surface area contributed by atoms with Gasteiger partial charge in [0.1, 0.15) is 0 Å². The van der Waals surface area contributed by atoms with Gasteiger partial charge in [-0.3, -0.25) is 9.69 Å². The number of aromatic hydroxyl groups is 1. The first-order valence-electron chi connectivity index (χ1n) is 7.51. The van der Waals surface area contributed by atoms with Gasteiger partial charge in [-0.05, 0) is 44.5 Å². The summed E-state index contributed by atoms with van der Waals surface area (Å²) in [5, 5.41) is 9.69. The van der Waals surface area contributed by atoms with E-state index in [1.807, 2.05) is 35.9 Å². The highest BCUT2D eigenvalue weighted by atomic mass is 16.5. The van der Waals surface area contributed by atoms with E-state index in [0.29, 0.717) is 25.4 Å². The summed E-state index contributed by atoms with van der Waals surface area (Å²) < 4.78 is 5.38. The van der Waals surface area contributed by atoms with Gasteiger partial charge in [-0.2, -0.15) is 0 Å². The van der Waals surface area contributed by atoms with Crippen molar-refractivity contribution in [1.82, 2.24) is 9.80 Å². The molecule has 1 aromatic rings. The van der Waals surface area contributed by atoms with Crippen LogP contribution in [0.1, 0.15) is 25.3 Å². The van der Waals surface area contributed by atoms with Crippen LogP contribution >= 0.6 is 0 Å². The zero-order chi connectivity index (χ0) is 15.2. The fraction of sp³-hybridized carbons (Fsp3) is 0.562. The molecule has 1 aromatic carbocycles. The predicted molar refractivity (Wildman–Crippen MR) is 81.4 cm³/mol. The third-order valence-corrected chi connectivity index (χ3v) is 3.64. The number of hydrogen-bond donors (Lipinski definition) is 1. The number of likely N-dealkylation sites (N-methyl/N-ethyl adjacent to an activating group) is 1. The van der Waals surface area contributed by atoms with Gasteiger partial charge in [0.05, 0.1) is 13.2 Å². The lowest BCUT2D eigenvalue weighted by Gasteiger charge is -2.21. The Kier molecular flexibility index (Phi) is 5.44. The number of hydrogen-bond acceptors (Lipinski definition) is 4. The van der Waals surface area contributed by atoms with Crippen molar-refractivity contribution in [3.05, 3.63) is 23.8 Å². The second-order valence-corrected chi connectivity index (χ2v) is 5.50. The number of phenolic OH excluding ortho intramolecular Hbond substituents is 1. The van der Waals surface area contributed by atoms with Gasteiger partial charge in [0.15, 0.2) is 11.5 Å². The average Bonchev–Trinajstić information content (AvgIpc) is 2.97. The monoisotopic (exact) mass is 292 g/mol. The molecule has 0 bridgehead atoms. The van der Waals surface area contributed by atoms with Crippen LogP contribution in [0.4, 0.5) is 0 Å². The molecule has 1 aliphatic heterocycles. The fourth-order valence-corrected chi connectivity index (χ4v) is 2.59. The van der Waals surface area contributed by atoms with E-state index in [-0.39, 0.29) is 11.7 Å². The highest BCUT2D eigenvalue weighted by Crippen LogP contribution is 2.27. The number of nitrogens with zero attached hydrogens (tertiary/aromatic N) is 2. The molecule has 0 spiro atoms.